The van der Waals surface area contributed by atoms with Crippen molar-refractivity contribution < 1.29 is 27.8 Å². The van der Waals surface area contributed by atoms with Crippen LogP contribution in [0, 0.1) is 13.8 Å². The van der Waals surface area contributed by atoms with Crippen molar-refractivity contribution in [3.63, 3.8) is 0 Å². The summed E-state index contributed by atoms with van der Waals surface area (Å²) in [6, 6.07) is 11.0. The lowest BCUT2D eigenvalue weighted by atomic mass is 10.1. The van der Waals surface area contributed by atoms with Crippen LogP contribution >= 0.6 is 15.9 Å². The number of aliphatic hydroxyl groups is 1. The SMILES string of the molecule is Cc1ccc(S(=O)(=O)N2CC(O)C[C@H]2C(=O)OCCOc2cccc(Br)c2)cc1C. The van der Waals surface area contributed by atoms with Crippen molar-refractivity contribution in [1.82, 2.24) is 4.31 Å². The molecular weight excluding hydrogens is 474 g/mol. The van der Waals surface area contributed by atoms with Crippen LogP contribution in [0.15, 0.2) is 51.8 Å². The molecule has 1 fully saturated rings. The van der Waals surface area contributed by atoms with E-state index in [1.807, 2.05) is 26.0 Å². The first-order valence-electron chi connectivity index (χ1n) is 9.50. The number of carbonyl (C=O) groups excluding carboxylic acids is 1. The zero-order valence-corrected chi connectivity index (χ0v) is 19.1. The number of hydrogen-bond donors (Lipinski definition) is 1. The monoisotopic (exact) mass is 497 g/mol. The number of sulfonamides is 1. The van der Waals surface area contributed by atoms with Crippen molar-refractivity contribution in [1.29, 1.82) is 0 Å². The number of rotatable bonds is 7. The second-order valence-corrected chi connectivity index (χ2v) is 10.0. The highest BCUT2D eigenvalue weighted by molar-refractivity contribution is 9.10. The first kappa shape index (κ1) is 22.7. The lowest BCUT2D eigenvalue weighted by Crippen LogP contribution is -2.41. The fourth-order valence-electron chi connectivity index (χ4n) is 3.23. The summed E-state index contributed by atoms with van der Waals surface area (Å²) in [6.45, 7) is 3.66. The van der Waals surface area contributed by atoms with Crippen LogP contribution in [0.5, 0.6) is 5.75 Å². The van der Waals surface area contributed by atoms with Gasteiger partial charge in [0, 0.05) is 17.4 Å². The zero-order chi connectivity index (χ0) is 21.9. The number of carbonyl (C=O) groups is 1. The molecule has 2 atom stereocenters. The molecule has 0 amide bonds. The van der Waals surface area contributed by atoms with Crippen LogP contribution < -0.4 is 4.74 Å². The van der Waals surface area contributed by atoms with Crippen LogP contribution in [0.1, 0.15) is 17.5 Å². The number of ether oxygens (including phenoxy) is 2. The summed E-state index contributed by atoms with van der Waals surface area (Å²) >= 11 is 3.35. The Labute approximate surface area is 184 Å². The minimum absolute atomic E-state index is 0.00457. The molecule has 0 saturated carbocycles. The Kier molecular flexibility index (Phi) is 7.18. The molecule has 0 aliphatic carbocycles. The van der Waals surface area contributed by atoms with E-state index in [9.17, 15) is 18.3 Å². The van der Waals surface area contributed by atoms with Crippen molar-refractivity contribution in [2.45, 2.75) is 37.3 Å². The van der Waals surface area contributed by atoms with E-state index in [1.54, 1.807) is 24.3 Å². The summed E-state index contributed by atoms with van der Waals surface area (Å²) < 4.78 is 38.8. The van der Waals surface area contributed by atoms with Crippen LogP contribution in [-0.2, 0) is 19.6 Å². The molecule has 162 valence electrons. The molecule has 1 unspecified atom stereocenters. The van der Waals surface area contributed by atoms with E-state index in [4.69, 9.17) is 9.47 Å². The van der Waals surface area contributed by atoms with Crippen LogP contribution in [0.3, 0.4) is 0 Å². The highest BCUT2D eigenvalue weighted by Crippen LogP contribution is 2.28. The summed E-state index contributed by atoms with van der Waals surface area (Å²) in [5, 5.41) is 10.0. The molecule has 1 aliphatic heterocycles. The summed E-state index contributed by atoms with van der Waals surface area (Å²) in [6.07, 6.45) is -0.933. The van der Waals surface area contributed by atoms with Crippen molar-refractivity contribution in [3.8, 4) is 5.75 Å². The van der Waals surface area contributed by atoms with E-state index in [-0.39, 0.29) is 31.1 Å². The minimum Gasteiger partial charge on any atom is -0.490 e. The third-order valence-electron chi connectivity index (χ3n) is 4.98. The molecule has 0 radical (unpaired) electrons. The molecule has 7 nitrogen and oxygen atoms in total. The van der Waals surface area contributed by atoms with Gasteiger partial charge < -0.3 is 14.6 Å². The van der Waals surface area contributed by atoms with Gasteiger partial charge in [-0.2, -0.15) is 4.31 Å². The fourth-order valence-corrected chi connectivity index (χ4v) is 5.32. The molecule has 2 aromatic rings. The van der Waals surface area contributed by atoms with Gasteiger partial charge in [0.05, 0.1) is 11.0 Å². The number of aryl methyl sites for hydroxylation is 2. The molecule has 1 saturated heterocycles. The number of aliphatic hydroxyl groups excluding tert-OH is 1. The van der Waals surface area contributed by atoms with Gasteiger partial charge in [-0.1, -0.05) is 28.1 Å². The predicted molar refractivity (Wildman–Crippen MR) is 115 cm³/mol. The molecule has 0 aromatic heterocycles. The molecule has 3 rings (SSSR count). The van der Waals surface area contributed by atoms with Crippen molar-refractivity contribution in [2.75, 3.05) is 19.8 Å². The number of hydrogen-bond acceptors (Lipinski definition) is 6. The number of esters is 1. The summed E-state index contributed by atoms with van der Waals surface area (Å²) in [5.74, 6) is -0.0764. The standard InChI is InChI=1S/C21H24BrNO6S/c1-14-6-7-19(10-15(14)2)30(26,27)23-13-17(24)12-20(23)21(25)29-9-8-28-18-5-3-4-16(22)11-18/h3-7,10-11,17,20,24H,8-9,12-13H2,1-2H3/t17?,20-/m0/s1. The lowest BCUT2D eigenvalue weighted by Gasteiger charge is -2.23. The van der Waals surface area contributed by atoms with Crippen LogP contribution in [-0.4, -0.2) is 55.7 Å². The first-order chi connectivity index (χ1) is 14.2. The van der Waals surface area contributed by atoms with E-state index >= 15 is 0 Å². The fraction of sp³-hybridized carbons (Fsp3) is 0.381. The molecule has 0 spiro atoms. The van der Waals surface area contributed by atoms with Gasteiger partial charge in [0.15, 0.2) is 0 Å². The molecule has 1 N–H and O–H groups in total. The van der Waals surface area contributed by atoms with E-state index < -0.39 is 28.1 Å². The maximum Gasteiger partial charge on any atom is 0.324 e. The van der Waals surface area contributed by atoms with Gasteiger partial charge in [-0.05, 0) is 55.3 Å². The predicted octanol–water partition coefficient (Wildman–Crippen LogP) is 2.81. The van der Waals surface area contributed by atoms with E-state index in [2.05, 4.69) is 15.9 Å². The largest absolute Gasteiger partial charge is 0.490 e. The zero-order valence-electron chi connectivity index (χ0n) is 16.7. The molecule has 0 bridgehead atoms. The number of β-amino-alcohol motifs (C(OH)–C–C–N with tert-alkyl or cyclic N) is 1. The second-order valence-electron chi connectivity index (χ2n) is 7.20. The Bertz CT molecular complexity index is 1030. The number of halogens is 1. The number of benzene rings is 2. The maximum absolute atomic E-state index is 13.1. The molecule has 2 aromatic carbocycles. The summed E-state index contributed by atoms with van der Waals surface area (Å²) in [5.41, 5.74) is 1.80. The quantitative estimate of drug-likeness (QED) is 0.466. The van der Waals surface area contributed by atoms with Gasteiger partial charge in [0.2, 0.25) is 10.0 Å². The normalized spacial score (nSPS) is 19.6. The Morgan fingerprint density at radius 2 is 1.93 bits per heavy atom. The molecular formula is C21H24BrNO6S. The van der Waals surface area contributed by atoms with Gasteiger partial charge >= 0.3 is 5.97 Å². The second kappa shape index (κ2) is 9.47. The van der Waals surface area contributed by atoms with Crippen LogP contribution in [0.2, 0.25) is 0 Å². The third kappa shape index (κ3) is 5.21. The third-order valence-corrected chi connectivity index (χ3v) is 7.35. The first-order valence-corrected chi connectivity index (χ1v) is 11.7. The maximum atomic E-state index is 13.1. The van der Waals surface area contributed by atoms with Crippen molar-refractivity contribution in [3.05, 3.63) is 58.1 Å². The highest BCUT2D eigenvalue weighted by atomic mass is 79.9. The van der Waals surface area contributed by atoms with E-state index in [0.717, 1.165) is 19.9 Å². The number of nitrogens with zero attached hydrogens (tertiary/aromatic N) is 1. The average molecular weight is 498 g/mol. The molecule has 1 heterocycles. The molecule has 1 aliphatic rings. The molecule has 9 heteroatoms. The lowest BCUT2D eigenvalue weighted by molar-refractivity contribution is -0.148. The van der Waals surface area contributed by atoms with Gasteiger partial charge in [-0.15, -0.1) is 0 Å². The van der Waals surface area contributed by atoms with Gasteiger partial charge in [0.25, 0.3) is 0 Å². The summed E-state index contributed by atoms with van der Waals surface area (Å²) in [7, 11) is -3.95. The molecule has 30 heavy (non-hydrogen) atoms. The Morgan fingerprint density at radius 3 is 2.63 bits per heavy atom. The van der Waals surface area contributed by atoms with Crippen molar-refractivity contribution in [2.24, 2.45) is 0 Å². The topological polar surface area (TPSA) is 93.1 Å². The van der Waals surface area contributed by atoms with E-state index in [0.29, 0.717) is 5.75 Å². The van der Waals surface area contributed by atoms with Gasteiger partial charge in [0.1, 0.15) is 25.0 Å². The Balaban J connectivity index is 1.64. The van der Waals surface area contributed by atoms with Crippen LogP contribution in [0.4, 0.5) is 0 Å². The van der Waals surface area contributed by atoms with Gasteiger partial charge in [-0.3, -0.25) is 4.79 Å². The summed E-state index contributed by atoms with van der Waals surface area (Å²) in [4.78, 5) is 12.7. The minimum atomic E-state index is -3.95. The van der Waals surface area contributed by atoms with Gasteiger partial charge in [-0.25, -0.2) is 8.42 Å². The Hall–Kier alpha value is -1.94. The smallest absolute Gasteiger partial charge is 0.324 e. The van der Waals surface area contributed by atoms with Crippen LogP contribution in [0.25, 0.3) is 0 Å². The average Bonchev–Trinajstić information content (AvgIpc) is 3.10. The highest BCUT2D eigenvalue weighted by Gasteiger charge is 2.44. The Morgan fingerprint density at radius 1 is 1.17 bits per heavy atom. The van der Waals surface area contributed by atoms with E-state index in [1.165, 1.54) is 6.07 Å². The van der Waals surface area contributed by atoms with Crippen molar-refractivity contribution >= 4 is 31.9 Å².